The Bertz CT molecular complexity index is 899. The lowest BCUT2D eigenvalue weighted by molar-refractivity contribution is 0.0540. The van der Waals surface area contributed by atoms with E-state index in [0.29, 0.717) is 12.2 Å². The van der Waals surface area contributed by atoms with Gasteiger partial charge < -0.3 is 19.4 Å². The van der Waals surface area contributed by atoms with Gasteiger partial charge in [0, 0.05) is 50.6 Å². The van der Waals surface area contributed by atoms with E-state index in [1.165, 1.54) is 17.7 Å². The van der Waals surface area contributed by atoms with Crippen LogP contribution in [0.5, 0.6) is 0 Å². The Morgan fingerprint density at radius 3 is 2.38 bits per heavy atom. The predicted molar refractivity (Wildman–Crippen MR) is 137 cm³/mol. The monoisotopic (exact) mass is 464 g/mol. The Morgan fingerprint density at radius 2 is 1.76 bits per heavy atom. The minimum Gasteiger partial charge on any atom is -0.378 e. The summed E-state index contributed by atoms with van der Waals surface area (Å²) in [7, 11) is 0. The van der Waals surface area contributed by atoms with Gasteiger partial charge in [0.25, 0.3) is 5.91 Å². The van der Waals surface area contributed by atoms with Crippen LogP contribution < -0.4 is 4.90 Å². The van der Waals surface area contributed by atoms with E-state index in [-0.39, 0.29) is 11.9 Å². The molecule has 0 atom stereocenters. The van der Waals surface area contributed by atoms with E-state index in [9.17, 15) is 4.79 Å². The molecule has 0 unspecified atom stereocenters. The summed E-state index contributed by atoms with van der Waals surface area (Å²) in [6.45, 7) is 13.9. The summed E-state index contributed by atoms with van der Waals surface area (Å²) in [5, 5.41) is 0. The second-order valence-electron chi connectivity index (χ2n) is 10.2. The highest BCUT2D eigenvalue weighted by Crippen LogP contribution is 2.23. The van der Waals surface area contributed by atoms with E-state index in [0.717, 1.165) is 70.3 Å². The molecule has 2 aliphatic rings. The second kappa shape index (κ2) is 11.8. The molecule has 0 radical (unpaired) electrons. The number of morpholine rings is 1. The number of rotatable bonds is 8. The molecule has 0 N–H and O–H groups in total. The average molecular weight is 465 g/mol. The molecule has 1 amide bonds. The Balaban J connectivity index is 1.46. The molecule has 2 saturated heterocycles. The third-order valence-corrected chi connectivity index (χ3v) is 7.08. The maximum Gasteiger partial charge on any atom is 0.272 e. The number of ether oxygens (including phenoxy) is 1. The van der Waals surface area contributed by atoms with Crippen LogP contribution in [0.25, 0.3) is 0 Å². The van der Waals surface area contributed by atoms with Crippen molar-refractivity contribution in [1.82, 2.24) is 14.8 Å². The highest BCUT2D eigenvalue weighted by Gasteiger charge is 2.29. The van der Waals surface area contributed by atoms with Gasteiger partial charge in [0.1, 0.15) is 5.69 Å². The van der Waals surface area contributed by atoms with Gasteiger partial charge in [-0.25, -0.2) is 0 Å². The first-order chi connectivity index (χ1) is 16.5. The summed E-state index contributed by atoms with van der Waals surface area (Å²) in [5.74, 6) is 0.765. The van der Waals surface area contributed by atoms with Gasteiger partial charge >= 0.3 is 0 Å². The summed E-state index contributed by atoms with van der Waals surface area (Å²) in [5.41, 5.74) is 4.00. The molecule has 6 nitrogen and oxygen atoms in total. The highest BCUT2D eigenvalue weighted by molar-refractivity contribution is 5.92. The van der Waals surface area contributed by atoms with Crippen LogP contribution in [-0.2, 0) is 11.3 Å². The summed E-state index contributed by atoms with van der Waals surface area (Å²) >= 11 is 0. The zero-order chi connectivity index (χ0) is 23.9. The Kier molecular flexibility index (Phi) is 8.57. The van der Waals surface area contributed by atoms with E-state index >= 15 is 0 Å². The number of nitrogens with zero attached hydrogens (tertiary/aromatic N) is 4. The second-order valence-corrected chi connectivity index (χ2v) is 10.2. The number of aromatic nitrogens is 1. The predicted octanol–water partition coefficient (Wildman–Crippen LogP) is 4.38. The molecule has 2 aromatic rings. The van der Waals surface area contributed by atoms with Crippen LogP contribution in [0.2, 0.25) is 0 Å². The van der Waals surface area contributed by atoms with Gasteiger partial charge in [-0.2, -0.15) is 0 Å². The lowest BCUT2D eigenvalue weighted by Gasteiger charge is -2.39. The lowest BCUT2D eigenvalue weighted by Crippen LogP contribution is -2.47. The van der Waals surface area contributed by atoms with Crippen molar-refractivity contribution in [3.8, 4) is 0 Å². The number of carbonyl (C=O) groups excluding carboxylic acids is 1. The summed E-state index contributed by atoms with van der Waals surface area (Å²) in [6, 6.07) is 12.8. The zero-order valence-electron chi connectivity index (χ0n) is 21.1. The standard InChI is InChI=1S/C28H40N4O2/c1-22(2)10-13-30-14-11-26(12-15-30)32(28(33)27-9-4-23(3)20-29-27)21-24-5-7-25(8-6-24)31-16-18-34-19-17-31/h4-9,20,22,26H,10-19,21H2,1-3H3. The molecule has 6 heteroatoms. The minimum absolute atomic E-state index is 0.0397. The van der Waals surface area contributed by atoms with Crippen molar-refractivity contribution in [2.24, 2.45) is 5.92 Å². The van der Waals surface area contributed by atoms with E-state index in [4.69, 9.17) is 4.74 Å². The van der Waals surface area contributed by atoms with Crippen molar-refractivity contribution < 1.29 is 9.53 Å². The summed E-state index contributed by atoms with van der Waals surface area (Å²) < 4.78 is 5.48. The van der Waals surface area contributed by atoms with Crippen molar-refractivity contribution in [2.45, 2.75) is 52.6 Å². The van der Waals surface area contributed by atoms with Gasteiger partial charge in [-0.3, -0.25) is 9.78 Å². The molecule has 34 heavy (non-hydrogen) atoms. The first kappa shape index (κ1) is 24.7. The molecule has 2 aliphatic heterocycles. The molecule has 1 aromatic heterocycles. The van der Waals surface area contributed by atoms with Gasteiger partial charge in [0.15, 0.2) is 0 Å². The van der Waals surface area contributed by atoms with E-state index in [2.05, 4.69) is 57.8 Å². The number of benzene rings is 1. The molecule has 3 heterocycles. The first-order valence-electron chi connectivity index (χ1n) is 12.9. The number of piperidine rings is 1. The molecule has 0 saturated carbocycles. The quantitative estimate of drug-likeness (QED) is 0.580. The van der Waals surface area contributed by atoms with Gasteiger partial charge in [-0.05, 0) is 68.0 Å². The lowest BCUT2D eigenvalue weighted by atomic mass is 10.0. The minimum atomic E-state index is 0.0397. The fourth-order valence-electron chi connectivity index (χ4n) is 4.83. The maximum atomic E-state index is 13.6. The maximum absolute atomic E-state index is 13.6. The van der Waals surface area contributed by atoms with Crippen molar-refractivity contribution in [1.29, 1.82) is 0 Å². The number of hydrogen-bond donors (Lipinski definition) is 0. The van der Waals surface area contributed by atoms with Crippen molar-refractivity contribution in [2.75, 3.05) is 50.8 Å². The summed E-state index contributed by atoms with van der Waals surface area (Å²) in [4.78, 5) is 25.0. The van der Waals surface area contributed by atoms with Crippen molar-refractivity contribution in [3.63, 3.8) is 0 Å². The number of pyridine rings is 1. The molecule has 0 aliphatic carbocycles. The fraction of sp³-hybridized carbons (Fsp3) is 0.571. The van der Waals surface area contributed by atoms with E-state index in [1.807, 2.05) is 19.1 Å². The smallest absolute Gasteiger partial charge is 0.272 e. The number of aryl methyl sites for hydroxylation is 1. The largest absolute Gasteiger partial charge is 0.378 e. The van der Waals surface area contributed by atoms with Gasteiger partial charge in [-0.15, -0.1) is 0 Å². The average Bonchev–Trinajstić information content (AvgIpc) is 2.87. The van der Waals surface area contributed by atoms with Crippen LogP contribution in [0.3, 0.4) is 0 Å². The fourth-order valence-corrected chi connectivity index (χ4v) is 4.83. The first-order valence-corrected chi connectivity index (χ1v) is 12.9. The highest BCUT2D eigenvalue weighted by atomic mass is 16.5. The number of likely N-dealkylation sites (tertiary alicyclic amines) is 1. The van der Waals surface area contributed by atoms with Crippen LogP contribution in [0, 0.1) is 12.8 Å². The number of amides is 1. The van der Waals surface area contributed by atoms with Crippen LogP contribution in [-0.4, -0.2) is 72.7 Å². The molecule has 1 aromatic carbocycles. The number of carbonyl (C=O) groups is 1. The van der Waals surface area contributed by atoms with Crippen LogP contribution >= 0.6 is 0 Å². The van der Waals surface area contributed by atoms with Crippen LogP contribution in [0.4, 0.5) is 5.69 Å². The Hall–Kier alpha value is -2.44. The SMILES string of the molecule is Cc1ccc(C(=O)N(Cc2ccc(N3CCOCC3)cc2)C2CCN(CCC(C)C)CC2)nc1. The van der Waals surface area contributed by atoms with Crippen molar-refractivity contribution >= 4 is 11.6 Å². The molecule has 0 bridgehead atoms. The number of hydrogen-bond acceptors (Lipinski definition) is 5. The van der Waals surface area contributed by atoms with Crippen LogP contribution in [0.15, 0.2) is 42.6 Å². The normalized spacial score (nSPS) is 17.8. The topological polar surface area (TPSA) is 48.9 Å². The molecule has 4 rings (SSSR count). The van der Waals surface area contributed by atoms with E-state index < -0.39 is 0 Å². The molecular weight excluding hydrogens is 424 g/mol. The van der Waals surface area contributed by atoms with Gasteiger partial charge in [0.2, 0.25) is 0 Å². The van der Waals surface area contributed by atoms with Gasteiger partial charge in [-0.1, -0.05) is 32.0 Å². The van der Waals surface area contributed by atoms with E-state index in [1.54, 1.807) is 6.20 Å². The van der Waals surface area contributed by atoms with Crippen LogP contribution in [0.1, 0.15) is 54.7 Å². The molecular formula is C28H40N4O2. The Labute approximate surface area is 204 Å². The van der Waals surface area contributed by atoms with Gasteiger partial charge in [0.05, 0.1) is 13.2 Å². The zero-order valence-corrected chi connectivity index (χ0v) is 21.1. The number of anilines is 1. The third-order valence-electron chi connectivity index (χ3n) is 7.08. The Morgan fingerprint density at radius 1 is 1.06 bits per heavy atom. The molecule has 2 fully saturated rings. The molecule has 0 spiro atoms. The summed E-state index contributed by atoms with van der Waals surface area (Å²) in [6.07, 6.45) is 5.05. The third kappa shape index (κ3) is 6.57. The molecule has 184 valence electrons. The van der Waals surface area contributed by atoms with Crippen molar-refractivity contribution in [3.05, 3.63) is 59.4 Å².